The zero-order valence-corrected chi connectivity index (χ0v) is 19.6. The summed E-state index contributed by atoms with van der Waals surface area (Å²) in [6, 6.07) is 10.6. The Balaban J connectivity index is 1.37. The number of para-hydroxylation sites is 1. The van der Waals surface area contributed by atoms with Crippen molar-refractivity contribution in [1.29, 1.82) is 0 Å². The normalized spacial score (nSPS) is 21.5. The van der Waals surface area contributed by atoms with Crippen molar-refractivity contribution in [2.24, 2.45) is 5.92 Å². The highest BCUT2D eigenvalue weighted by Gasteiger charge is 2.48. The van der Waals surface area contributed by atoms with Crippen molar-refractivity contribution >= 4 is 0 Å². The summed E-state index contributed by atoms with van der Waals surface area (Å²) in [5, 5.41) is 11.2. The second-order valence-electron chi connectivity index (χ2n) is 9.67. The second kappa shape index (κ2) is 10.5. The first-order valence-electron chi connectivity index (χ1n) is 12.0. The van der Waals surface area contributed by atoms with Crippen LogP contribution in [-0.2, 0) is 11.6 Å². The molecule has 2 aliphatic rings. The number of hydrogen-bond donors (Lipinski definition) is 1. The third kappa shape index (κ3) is 6.26. The molecule has 0 amide bonds. The molecule has 2 aromatic rings. The number of aliphatic hydroxyl groups is 1. The molecule has 2 atom stereocenters. The van der Waals surface area contributed by atoms with Crippen LogP contribution in [-0.4, -0.2) is 48.7 Å². The van der Waals surface area contributed by atoms with Gasteiger partial charge in [-0.3, -0.25) is 0 Å². The number of hydrogen-bond acceptors (Lipinski definition) is 4. The topological polar surface area (TPSA) is 41.9 Å². The minimum absolute atomic E-state index is 0.117. The van der Waals surface area contributed by atoms with Crippen LogP contribution in [0.2, 0.25) is 0 Å². The molecular weight excluding hydrogens is 488 g/mol. The average Bonchev–Trinajstić information content (AvgIpc) is 2.77. The van der Waals surface area contributed by atoms with Crippen LogP contribution in [0.25, 0.3) is 0 Å². The number of likely N-dealkylation sites (tertiary alicyclic amines) is 1. The van der Waals surface area contributed by atoms with E-state index in [1.165, 1.54) is 24.3 Å². The highest BCUT2D eigenvalue weighted by atomic mass is 19.4. The zero-order chi connectivity index (χ0) is 26.0. The Hall–Kier alpha value is -2.46. The van der Waals surface area contributed by atoms with Gasteiger partial charge in [0, 0.05) is 30.0 Å². The lowest BCUT2D eigenvalue weighted by atomic mass is 9.60. The van der Waals surface area contributed by atoms with Crippen LogP contribution in [0.4, 0.5) is 26.3 Å². The summed E-state index contributed by atoms with van der Waals surface area (Å²) >= 11 is 0. The molecule has 4 rings (SSSR count). The number of alkyl halides is 6. The number of piperidine rings is 1. The molecule has 1 saturated carbocycles. The van der Waals surface area contributed by atoms with E-state index in [2.05, 4.69) is 9.64 Å². The van der Waals surface area contributed by atoms with Gasteiger partial charge in [-0.25, -0.2) is 0 Å². The van der Waals surface area contributed by atoms with E-state index in [1.54, 1.807) is 12.1 Å². The molecule has 4 nitrogen and oxygen atoms in total. The van der Waals surface area contributed by atoms with Gasteiger partial charge in [0.15, 0.2) is 0 Å². The lowest BCUT2D eigenvalue weighted by molar-refractivity contribution is -0.275. The summed E-state index contributed by atoms with van der Waals surface area (Å²) < 4.78 is 87.1. The third-order valence-corrected chi connectivity index (χ3v) is 7.23. The number of halogens is 6. The van der Waals surface area contributed by atoms with Gasteiger partial charge in [-0.2, -0.15) is 13.2 Å². The molecule has 0 radical (unpaired) electrons. The van der Waals surface area contributed by atoms with E-state index in [0.717, 1.165) is 37.9 Å². The Kier molecular flexibility index (Phi) is 7.75. The lowest BCUT2D eigenvalue weighted by Gasteiger charge is -2.48. The summed E-state index contributed by atoms with van der Waals surface area (Å²) in [5.74, 6) is 0.200. The minimum atomic E-state index is -4.82. The van der Waals surface area contributed by atoms with Crippen LogP contribution >= 0.6 is 0 Å². The third-order valence-electron chi connectivity index (χ3n) is 7.23. The summed E-state index contributed by atoms with van der Waals surface area (Å²) in [7, 11) is 0. The van der Waals surface area contributed by atoms with Gasteiger partial charge in [-0.05, 0) is 62.6 Å². The molecule has 36 heavy (non-hydrogen) atoms. The quantitative estimate of drug-likeness (QED) is 0.425. The maximum Gasteiger partial charge on any atom is 0.573 e. The fourth-order valence-corrected chi connectivity index (χ4v) is 5.26. The first-order valence-corrected chi connectivity index (χ1v) is 12.0. The standard InChI is InChI=1S/C26H29F6NO3/c27-25(28,29)19-8-10-20(11-9-19)35-17-18-5-3-14-33(15-18)16-23(34)24(12-4-13-24)21-6-1-2-7-22(21)36-26(30,31)32/h1-2,6-11,18,23,34H,3-5,12-17H2/t18-,23-/m0/s1. The number of nitrogens with zero attached hydrogens (tertiary/aromatic N) is 1. The van der Waals surface area contributed by atoms with Gasteiger partial charge in [0.2, 0.25) is 0 Å². The fourth-order valence-electron chi connectivity index (χ4n) is 5.26. The highest BCUT2D eigenvalue weighted by Crippen LogP contribution is 2.50. The lowest BCUT2D eigenvalue weighted by Crippen LogP contribution is -2.52. The van der Waals surface area contributed by atoms with Crippen molar-refractivity contribution in [1.82, 2.24) is 4.90 Å². The number of rotatable bonds is 8. The predicted molar refractivity (Wildman–Crippen MR) is 121 cm³/mol. The monoisotopic (exact) mass is 517 g/mol. The molecule has 1 aliphatic carbocycles. The molecule has 1 aliphatic heterocycles. The van der Waals surface area contributed by atoms with Crippen LogP contribution in [0.15, 0.2) is 48.5 Å². The van der Waals surface area contributed by atoms with E-state index in [0.29, 0.717) is 43.9 Å². The van der Waals surface area contributed by atoms with Crippen LogP contribution in [0.3, 0.4) is 0 Å². The second-order valence-corrected chi connectivity index (χ2v) is 9.67. The molecule has 0 aromatic heterocycles. The molecule has 0 unspecified atom stereocenters. The summed E-state index contributed by atoms with van der Waals surface area (Å²) in [6.45, 7) is 1.99. The molecule has 10 heteroatoms. The van der Waals surface area contributed by atoms with Gasteiger partial charge in [0.25, 0.3) is 0 Å². The van der Waals surface area contributed by atoms with Crippen molar-refractivity contribution in [3.8, 4) is 11.5 Å². The van der Waals surface area contributed by atoms with Crippen LogP contribution < -0.4 is 9.47 Å². The SMILES string of the molecule is O[C@@H](CN1CCC[C@H](COc2ccc(C(F)(F)F)cc2)C1)C1(c2ccccc2OC(F)(F)F)CCC1. The largest absolute Gasteiger partial charge is 0.573 e. The van der Waals surface area contributed by atoms with E-state index >= 15 is 0 Å². The number of β-amino-alcohol motifs (C(OH)–C–C–N with tert-alkyl or cyclic N) is 1. The van der Waals surface area contributed by atoms with Crippen LogP contribution in [0.1, 0.15) is 43.2 Å². The molecule has 1 saturated heterocycles. The summed E-state index contributed by atoms with van der Waals surface area (Å²) in [5.41, 5.74) is -1.16. The van der Waals surface area contributed by atoms with Crippen molar-refractivity contribution < 1.29 is 40.9 Å². The van der Waals surface area contributed by atoms with Crippen molar-refractivity contribution in [3.05, 3.63) is 59.7 Å². The Morgan fingerprint density at radius 2 is 1.67 bits per heavy atom. The molecule has 2 fully saturated rings. The van der Waals surface area contributed by atoms with E-state index in [1.807, 2.05) is 0 Å². The fraction of sp³-hybridized carbons (Fsp3) is 0.538. The van der Waals surface area contributed by atoms with Crippen molar-refractivity contribution in [2.45, 2.75) is 56.2 Å². The molecule has 1 N–H and O–H groups in total. The van der Waals surface area contributed by atoms with Gasteiger partial charge in [-0.1, -0.05) is 24.6 Å². The average molecular weight is 518 g/mol. The minimum Gasteiger partial charge on any atom is -0.493 e. The molecule has 1 heterocycles. The van der Waals surface area contributed by atoms with E-state index in [4.69, 9.17) is 4.74 Å². The van der Waals surface area contributed by atoms with Gasteiger partial charge < -0.3 is 19.5 Å². The Labute approximate surface area is 205 Å². The number of ether oxygens (including phenoxy) is 2. The summed E-state index contributed by atoms with van der Waals surface area (Å²) in [6.07, 6.45) is -6.42. The van der Waals surface area contributed by atoms with Gasteiger partial charge in [0.1, 0.15) is 11.5 Å². The van der Waals surface area contributed by atoms with Gasteiger partial charge in [-0.15, -0.1) is 13.2 Å². The highest BCUT2D eigenvalue weighted by molar-refractivity contribution is 5.42. The maximum atomic E-state index is 13.0. The van der Waals surface area contributed by atoms with E-state index in [9.17, 15) is 31.4 Å². The van der Waals surface area contributed by atoms with Crippen molar-refractivity contribution in [3.63, 3.8) is 0 Å². The predicted octanol–water partition coefficient (Wildman–Crippen LogP) is 6.18. The first-order chi connectivity index (χ1) is 17.0. The number of benzene rings is 2. The Morgan fingerprint density at radius 3 is 2.28 bits per heavy atom. The molecule has 0 spiro atoms. The van der Waals surface area contributed by atoms with Crippen molar-refractivity contribution in [2.75, 3.05) is 26.2 Å². The molecule has 2 aromatic carbocycles. The van der Waals surface area contributed by atoms with Crippen LogP contribution in [0, 0.1) is 5.92 Å². The molecule has 198 valence electrons. The summed E-state index contributed by atoms with van der Waals surface area (Å²) in [4.78, 5) is 2.09. The van der Waals surface area contributed by atoms with Crippen LogP contribution in [0.5, 0.6) is 11.5 Å². The smallest absolute Gasteiger partial charge is 0.493 e. The van der Waals surface area contributed by atoms with Gasteiger partial charge in [0.05, 0.1) is 18.3 Å². The Morgan fingerprint density at radius 1 is 0.972 bits per heavy atom. The Bertz CT molecular complexity index is 1000. The first kappa shape index (κ1) is 26.6. The van der Waals surface area contributed by atoms with E-state index in [-0.39, 0.29) is 11.7 Å². The molecular formula is C26H29F6NO3. The van der Waals surface area contributed by atoms with Gasteiger partial charge >= 0.3 is 12.5 Å². The maximum absolute atomic E-state index is 13.0. The zero-order valence-electron chi connectivity index (χ0n) is 19.6. The number of aliphatic hydroxyl groups excluding tert-OH is 1. The van der Waals surface area contributed by atoms with E-state index < -0.39 is 29.6 Å². The molecule has 0 bridgehead atoms.